The molecule has 2 heterocycles. The molecule has 3 atom stereocenters. The number of esters is 1. The average Bonchev–Trinajstić information content (AvgIpc) is 3.01. The summed E-state index contributed by atoms with van der Waals surface area (Å²) in [6.45, 7) is -0.181. The molecule has 3 aliphatic rings. The third-order valence-corrected chi connectivity index (χ3v) is 5.00. The number of carbonyl (C=O) groups is 2. The largest absolute Gasteiger partial charge is 0.509 e. The number of alkyl halides is 3. The van der Waals surface area contributed by atoms with E-state index in [1.165, 1.54) is 0 Å². The molecule has 0 amide bonds. The summed E-state index contributed by atoms with van der Waals surface area (Å²) in [5.41, 5.74) is 0.944. The molecule has 1 aromatic rings. The normalized spacial score (nSPS) is 29.2. The Kier molecular flexibility index (Phi) is 4.83. The lowest BCUT2D eigenvalue weighted by Crippen LogP contribution is -2.57. The Hall–Kier alpha value is -1.41. The van der Waals surface area contributed by atoms with Crippen LogP contribution in [0.4, 0.5) is 4.79 Å². The summed E-state index contributed by atoms with van der Waals surface area (Å²) in [6, 6.07) is 4.79. The third kappa shape index (κ3) is 3.78. The van der Waals surface area contributed by atoms with E-state index in [0.717, 1.165) is 6.42 Å². The maximum absolute atomic E-state index is 12.1. The van der Waals surface area contributed by atoms with Gasteiger partial charge in [-0.15, -0.1) is 0 Å². The van der Waals surface area contributed by atoms with Crippen LogP contribution in [0, 0.1) is 0 Å². The number of benzene rings is 1. The van der Waals surface area contributed by atoms with E-state index in [2.05, 4.69) is 0 Å². The van der Waals surface area contributed by atoms with E-state index in [4.69, 9.17) is 58.5 Å². The monoisotopic (exact) mass is 436 g/mol. The van der Waals surface area contributed by atoms with Crippen molar-refractivity contribution in [3.8, 4) is 5.75 Å². The molecule has 10 heteroatoms. The van der Waals surface area contributed by atoms with E-state index in [1.807, 2.05) is 0 Å². The first-order chi connectivity index (χ1) is 12.8. The molecule has 1 spiro atoms. The zero-order valence-corrected chi connectivity index (χ0v) is 16.2. The lowest BCUT2D eigenvalue weighted by Gasteiger charge is -2.44. The molecular formula is C17H15Cl3O7. The van der Waals surface area contributed by atoms with Gasteiger partial charge in [-0.05, 0) is 31.0 Å². The predicted octanol–water partition coefficient (Wildman–Crippen LogP) is 3.91. The topological polar surface area (TPSA) is 80.3 Å². The first-order valence-corrected chi connectivity index (χ1v) is 9.46. The van der Waals surface area contributed by atoms with Crippen LogP contribution in [0.3, 0.4) is 0 Å². The van der Waals surface area contributed by atoms with Crippen LogP contribution < -0.4 is 4.74 Å². The number of halogens is 3. The number of hydrogen-bond acceptors (Lipinski definition) is 7. The molecule has 1 aliphatic carbocycles. The van der Waals surface area contributed by atoms with Gasteiger partial charge in [0.05, 0.1) is 12.2 Å². The first-order valence-electron chi connectivity index (χ1n) is 8.33. The lowest BCUT2D eigenvalue weighted by molar-refractivity contribution is -0.269. The highest BCUT2D eigenvalue weighted by Gasteiger charge is 2.58. The molecular weight excluding hydrogens is 423 g/mol. The molecule has 146 valence electrons. The number of rotatable bonds is 2. The Bertz CT molecular complexity index is 778. The van der Waals surface area contributed by atoms with Gasteiger partial charge < -0.3 is 23.7 Å². The van der Waals surface area contributed by atoms with Crippen LogP contribution in [0.25, 0.3) is 0 Å². The number of hydrogen-bond donors (Lipinski definition) is 0. The summed E-state index contributed by atoms with van der Waals surface area (Å²) in [7, 11) is 0. The van der Waals surface area contributed by atoms with Crippen molar-refractivity contribution in [2.24, 2.45) is 0 Å². The highest BCUT2D eigenvalue weighted by molar-refractivity contribution is 6.67. The molecule has 0 bridgehead atoms. The highest BCUT2D eigenvalue weighted by Crippen LogP contribution is 2.44. The molecule has 2 fully saturated rings. The minimum Gasteiger partial charge on any atom is -0.458 e. The Morgan fingerprint density at radius 2 is 2.11 bits per heavy atom. The Morgan fingerprint density at radius 3 is 2.89 bits per heavy atom. The van der Waals surface area contributed by atoms with Gasteiger partial charge in [0.2, 0.25) is 9.90 Å². The number of ether oxygens (including phenoxy) is 5. The van der Waals surface area contributed by atoms with E-state index in [-0.39, 0.29) is 24.9 Å². The zero-order chi connectivity index (χ0) is 19.2. The average molecular weight is 438 g/mol. The summed E-state index contributed by atoms with van der Waals surface area (Å²) < 4.78 is 25.8. The molecule has 0 aromatic heterocycles. The zero-order valence-electron chi connectivity index (χ0n) is 13.9. The minimum absolute atomic E-state index is 0.182. The summed E-state index contributed by atoms with van der Waals surface area (Å²) in [6.07, 6.45) is 0.318. The molecule has 4 rings (SSSR count). The number of fused-ring (bicyclic) bond motifs is 3. The van der Waals surface area contributed by atoms with Crippen LogP contribution >= 0.6 is 34.8 Å². The van der Waals surface area contributed by atoms with Crippen molar-refractivity contribution in [2.75, 3.05) is 6.61 Å². The molecule has 2 aliphatic heterocycles. The van der Waals surface area contributed by atoms with Crippen LogP contribution in [0.2, 0.25) is 0 Å². The van der Waals surface area contributed by atoms with E-state index >= 15 is 0 Å². The van der Waals surface area contributed by atoms with Crippen LogP contribution in [-0.2, 0) is 25.6 Å². The van der Waals surface area contributed by atoms with Gasteiger partial charge in [-0.2, -0.15) is 0 Å². The van der Waals surface area contributed by atoms with E-state index in [0.29, 0.717) is 24.2 Å². The fraction of sp³-hybridized carbons (Fsp3) is 0.529. The summed E-state index contributed by atoms with van der Waals surface area (Å²) in [4.78, 5) is 23.6. The van der Waals surface area contributed by atoms with Crippen LogP contribution in [0.15, 0.2) is 18.2 Å². The summed E-state index contributed by atoms with van der Waals surface area (Å²) in [5.74, 6) is -1.16. The maximum Gasteiger partial charge on any atom is 0.509 e. The Labute approximate surface area is 169 Å². The van der Waals surface area contributed by atoms with Gasteiger partial charge in [0.1, 0.15) is 18.5 Å². The Morgan fingerprint density at radius 1 is 1.30 bits per heavy atom. The summed E-state index contributed by atoms with van der Waals surface area (Å²) >= 11 is 16.8. The molecule has 7 nitrogen and oxygen atoms in total. The van der Waals surface area contributed by atoms with Crippen molar-refractivity contribution in [3.05, 3.63) is 29.3 Å². The van der Waals surface area contributed by atoms with E-state index in [1.54, 1.807) is 18.2 Å². The maximum atomic E-state index is 12.1. The van der Waals surface area contributed by atoms with Crippen molar-refractivity contribution in [1.82, 2.24) is 0 Å². The van der Waals surface area contributed by atoms with Gasteiger partial charge in [-0.25, -0.2) is 9.59 Å². The molecule has 27 heavy (non-hydrogen) atoms. The molecule has 0 unspecified atom stereocenters. The fourth-order valence-corrected chi connectivity index (χ4v) is 3.66. The Balaban J connectivity index is 1.51. The van der Waals surface area contributed by atoms with E-state index < -0.39 is 27.8 Å². The SMILES string of the molecule is O=C1O[C@@H]2[C@@H](CCC[C@@]23OCc2cc(C(=O)OCC(Cl)(Cl)Cl)ccc2O3)O1. The van der Waals surface area contributed by atoms with Crippen LogP contribution in [0.5, 0.6) is 5.75 Å². The van der Waals surface area contributed by atoms with Crippen molar-refractivity contribution >= 4 is 46.9 Å². The lowest BCUT2D eigenvalue weighted by atomic mass is 9.88. The van der Waals surface area contributed by atoms with Crippen LogP contribution in [0.1, 0.15) is 35.2 Å². The van der Waals surface area contributed by atoms with Crippen LogP contribution in [-0.4, -0.2) is 40.5 Å². The van der Waals surface area contributed by atoms with Gasteiger partial charge in [0, 0.05) is 12.0 Å². The van der Waals surface area contributed by atoms with Gasteiger partial charge in [-0.1, -0.05) is 34.8 Å². The fourth-order valence-electron chi connectivity index (χ4n) is 3.50. The van der Waals surface area contributed by atoms with Gasteiger partial charge in [-0.3, -0.25) is 0 Å². The number of carbonyl (C=O) groups excluding carboxylic acids is 2. The second-order valence-electron chi connectivity index (χ2n) is 6.55. The highest BCUT2D eigenvalue weighted by atomic mass is 35.6. The van der Waals surface area contributed by atoms with Gasteiger partial charge in [0.25, 0.3) is 5.79 Å². The van der Waals surface area contributed by atoms with Crippen molar-refractivity contribution in [1.29, 1.82) is 0 Å². The van der Waals surface area contributed by atoms with Crippen molar-refractivity contribution < 1.29 is 33.3 Å². The van der Waals surface area contributed by atoms with Crippen molar-refractivity contribution in [2.45, 2.75) is 47.7 Å². The smallest absolute Gasteiger partial charge is 0.458 e. The second kappa shape index (κ2) is 6.88. The summed E-state index contributed by atoms with van der Waals surface area (Å²) in [5, 5.41) is 0. The first kappa shape index (κ1) is 18.9. The van der Waals surface area contributed by atoms with Gasteiger partial charge in [0.15, 0.2) is 0 Å². The molecule has 0 N–H and O–H groups in total. The predicted molar refractivity (Wildman–Crippen MR) is 94.2 cm³/mol. The molecule has 1 aromatic carbocycles. The third-order valence-electron chi connectivity index (χ3n) is 4.67. The molecule has 1 saturated heterocycles. The standard InChI is InChI=1S/C17H15Cl3O7/c18-17(19,20)8-23-14(21)9-3-4-11-10(6-9)7-24-16(27-11)5-1-2-12-13(16)26-15(22)25-12/h3-4,6,12-13H,1-2,5,7-8H2/t12-,13-,16+/m1/s1. The molecule has 0 radical (unpaired) electrons. The molecule has 1 saturated carbocycles. The second-order valence-corrected chi connectivity index (χ2v) is 9.07. The van der Waals surface area contributed by atoms with Crippen molar-refractivity contribution in [3.63, 3.8) is 0 Å². The van der Waals surface area contributed by atoms with E-state index in [9.17, 15) is 9.59 Å². The quantitative estimate of drug-likeness (QED) is 0.512. The minimum atomic E-state index is -1.68. The van der Waals surface area contributed by atoms with Gasteiger partial charge >= 0.3 is 12.1 Å².